The van der Waals surface area contributed by atoms with Gasteiger partial charge in [-0.25, -0.2) is 0 Å². The molecule has 6 rings (SSSR count). The largest absolute Gasteiger partial charge is 0.385 e. The van der Waals surface area contributed by atoms with Gasteiger partial charge >= 0.3 is 0 Å². The fourth-order valence-corrected chi connectivity index (χ4v) is 7.15. The average Bonchev–Trinajstić information content (AvgIpc) is 3.17. The molecule has 2 atom stereocenters. The summed E-state index contributed by atoms with van der Waals surface area (Å²) in [6.07, 6.45) is 2.00. The van der Waals surface area contributed by atoms with Crippen LogP contribution in [0.25, 0.3) is 0 Å². The minimum absolute atomic E-state index is 0. The van der Waals surface area contributed by atoms with Gasteiger partial charge in [0, 0.05) is 51.8 Å². The smallest absolute Gasteiger partial charge is 0.0341 e. The third-order valence-corrected chi connectivity index (χ3v) is 10.4. The van der Waals surface area contributed by atoms with Crippen molar-refractivity contribution in [3.8, 4) is 0 Å². The van der Waals surface area contributed by atoms with Crippen LogP contribution in [0.3, 0.4) is 0 Å². The predicted octanol–water partition coefficient (Wildman–Crippen LogP) is 11.9. The zero-order chi connectivity index (χ0) is 34.6. The Bertz CT molecular complexity index is 1610. The van der Waals surface area contributed by atoms with Crippen LogP contribution in [0.2, 0.25) is 0 Å². The van der Waals surface area contributed by atoms with Crippen molar-refractivity contribution in [1.29, 1.82) is 0 Å². The maximum Gasteiger partial charge on any atom is 0.0341 e. The molecule has 0 aromatic heterocycles. The Hall–Kier alpha value is -4.42. The Kier molecular flexibility index (Phi) is 17.3. The van der Waals surface area contributed by atoms with E-state index in [1.807, 2.05) is 29.6 Å². The summed E-state index contributed by atoms with van der Waals surface area (Å²) in [6.45, 7) is 4.06. The lowest BCUT2D eigenvalue weighted by atomic mass is 10.0. The quantitative estimate of drug-likeness (QED) is 0.0873. The molecule has 51 heavy (non-hydrogen) atoms. The Morgan fingerprint density at radius 2 is 0.804 bits per heavy atom. The second-order valence-electron chi connectivity index (χ2n) is 12.6. The first-order valence-corrected chi connectivity index (χ1v) is 19.4. The third kappa shape index (κ3) is 15.2. The van der Waals surface area contributed by atoms with Crippen LogP contribution in [0, 0.1) is 5.92 Å². The Labute approximate surface area is 315 Å². The van der Waals surface area contributed by atoms with Gasteiger partial charge in [-0.2, -0.15) is 0 Å². The van der Waals surface area contributed by atoms with Gasteiger partial charge < -0.3 is 16.4 Å². The van der Waals surface area contributed by atoms with Crippen molar-refractivity contribution in [2.24, 2.45) is 11.7 Å². The van der Waals surface area contributed by atoms with Crippen LogP contribution in [0.15, 0.2) is 180 Å². The maximum absolute atomic E-state index is 6.23. The summed E-state index contributed by atoms with van der Waals surface area (Å²) in [5.41, 5.74) is 13.9. The monoisotopic (exact) mass is 711 g/mol. The number of benzene rings is 6. The molecule has 0 bridgehead atoms. The van der Waals surface area contributed by atoms with Gasteiger partial charge in [0.2, 0.25) is 0 Å². The predicted molar refractivity (Wildman–Crippen MR) is 226 cm³/mol. The second-order valence-corrected chi connectivity index (χ2v) is 14.7. The average molecular weight is 712 g/mol. The van der Waals surface area contributed by atoms with Crippen molar-refractivity contribution in [3.05, 3.63) is 192 Å². The first-order chi connectivity index (χ1) is 24.6. The fourth-order valence-electron chi connectivity index (χ4n) is 5.44. The van der Waals surface area contributed by atoms with E-state index in [0.717, 1.165) is 43.1 Å². The molecule has 0 saturated carbocycles. The van der Waals surface area contributed by atoms with Gasteiger partial charge in [0.1, 0.15) is 0 Å². The fraction of sp³-hybridized carbons (Fsp3) is 0.217. The highest BCUT2D eigenvalue weighted by atomic mass is 32.2. The van der Waals surface area contributed by atoms with E-state index in [0.29, 0.717) is 5.92 Å². The standard InChI is InChI=1S/C23H25NS.C22H24N2S.CH4/c1-19(16-20-8-4-2-5-9-20)17-24-22-12-14-23(15-13-22)25-18-21-10-6-3-7-11-21;23-20(15-18-7-3-1-4-8-18)16-24-21-11-13-22(14-12-21)25-17-19-9-5-2-6-10-19;/h2-15,19,24H,16-18H2,1H3;1-14,20,24H,15-17,23H2;1H4/t19-;20-;/m00./s1. The molecule has 0 heterocycles. The van der Waals surface area contributed by atoms with E-state index >= 15 is 0 Å². The number of rotatable bonds is 16. The van der Waals surface area contributed by atoms with Gasteiger partial charge in [-0.1, -0.05) is 136 Å². The number of nitrogens with two attached hydrogens (primary N) is 1. The summed E-state index contributed by atoms with van der Waals surface area (Å²) < 4.78 is 0. The van der Waals surface area contributed by atoms with Crippen molar-refractivity contribution < 1.29 is 0 Å². The molecule has 0 aliphatic heterocycles. The van der Waals surface area contributed by atoms with Crippen molar-refractivity contribution in [1.82, 2.24) is 0 Å². The number of hydrogen-bond donors (Lipinski definition) is 3. The molecule has 0 fully saturated rings. The normalized spacial score (nSPS) is 11.6. The van der Waals surface area contributed by atoms with Crippen LogP contribution in [-0.2, 0) is 24.3 Å². The number of anilines is 2. The highest BCUT2D eigenvalue weighted by Crippen LogP contribution is 2.25. The molecular formula is C46H53N3S2. The lowest BCUT2D eigenvalue weighted by Crippen LogP contribution is -2.31. The highest BCUT2D eigenvalue weighted by Gasteiger charge is 2.06. The summed E-state index contributed by atoms with van der Waals surface area (Å²) in [5, 5.41) is 6.99. The second kappa shape index (κ2) is 22.4. The lowest BCUT2D eigenvalue weighted by Gasteiger charge is -2.14. The first kappa shape index (κ1) is 39.4. The van der Waals surface area contributed by atoms with Crippen molar-refractivity contribution >= 4 is 34.9 Å². The Morgan fingerprint density at radius 3 is 1.22 bits per heavy atom. The van der Waals surface area contributed by atoms with Gasteiger partial charge in [0.25, 0.3) is 0 Å². The molecule has 4 N–H and O–H groups in total. The summed E-state index contributed by atoms with van der Waals surface area (Å²) in [4.78, 5) is 2.59. The molecule has 5 heteroatoms. The molecule has 0 unspecified atom stereocenters. The van der Waals surface area contributed by atoms with Crippen LogP contribution < -0.4 is 16.4 Å². The number of nitrogens with one attached hydrogen (secondary N) is 2. The summed E-state index contributed by atoms with van der Waals surface area (Å²) in [6, 6.07) is 59.7. The van der Waals surface area contributed by atoms with Crippen molar-refractivity contribution in [2.75, 3.05) is 23.7 Å². The molecule has 264 valence electrons. The summed E-state index contributed by atoms with van der Waals surface area (Å²) in [5.74, 6) is 2.62. The van der Waals surface area contributed by atoms with Gasteiger partial charge in [-0.05, 0) is 89.5 Å². The molecule has 0 aliphatic rings. The van der Waals surface area contributed by atoms with Crippen LogP contribution in [0.1, 0.15) is 36.6 Å². The van der Waals surface area contributed by atoms with Crippen LogP contribution in [0.4, 0.5) is 11.4 Å². The topological polar surface area (TPSA) is 50.1 Å². The van der Waals surface area contributed by atoms with E-state index < -0.39 is 0 Å². The number of hydrogen-bond acceptors (Lipinski definition) is 5. The Morgan fingerprint density at radius 1 is 0.451 bits per heavy atom. The van der Waals surface area contributed by atoms with E-state index in [1.54, 1.807) is 0 Å². The van der Waals surface area contributed by atoms with Crippen LogP contribution >= 0.6 is 23.5 Å². The molecule has 0 amide bonds. The van der Waals surface area contributed by atoms with Gasteiger partial charge in [0.05, 0.1) is 0 Å². The van der Waals surface area contributed by atoms with E-state index in [-0.39, 0.29) is 13.5 Å². The van der Waals surface area contributed by atoms with E-state index in [2.05, 4.69) is 181 Å². The minimum atomic E-state index is 0. The molecule has 0 spiro atoms. The minimum Gasteiger partial charge on any atom is -0.385 e. The summed E-state index contributed by atoms with van der Waals surface area (Å²) >= 11 is 3.74. The van der Waals surface area contributed by atoms with Crippen molar-refractivity contribution in [2.45, 2.75) is 54.5 Å². The highest BCUT2D eigenvalue weighted by molar-refractivity contribution is 7.98. The molecule has 3 nitrogen and oxygen atoms in total. The van der Waals surface area contributed by atoms with Crippen LogP contribution in [0.5, 0.6) is 0 Å². The molecule has 0 aliphatic carbocycles. The molecule has 6 aromatic rings. The SMILES string of the molecule is C.C[C@H](CNc1ccc(SCc2ccccc2)cc1)Cc1ccccc1.N[C@H](CNc1ccc(SCc2ccccc2)cc1)Cc1ccccc1. The zero-order valence-corrected chi connectivity index (χ0v) is 30.6. The summed E-state index contributed by atoms with van der Waals surface area (Å²) in [7, 11) is 0. The molecule has 6 aromatic carbocycles. The maximum atomic E-state index is 6.23. The van der Waals surface area contributed by atoms with E-state index in [1.165, 1.54) is 37.7 Å². The van der Waals surface area contributed by atoms with Crippen LogP contribution in [-0.4, -0.2) is 19.1 Å². The van der Waals surface area contributed by atoms with Gasteiger partial charge in [-0.3, -0.25) is 0 Å². The molecule has 0 saturated heterocycles. The lowest BCUT2D eigenvalue weighted by molar-refractivity contribution is 0.612. The molecule has 0 radical (unpaired) electrons. The number of thioether (sulfide) groups is 2. The Balaban J connectivity index is 0.000000224. The van der Waals surface area contributed by atoms with E-state index in [4.69, 9.17) is 5.73 Å². The zero-order valence-electron chi connectivity index (χ0n) is 29.0. The molecular weight excluding hydrogens is 659 g/mol. The van der Waals surface area contributed by atoms with Crippen molar-refractivity contribution in [3.63, 3.8) is 0 Å². The first-order valence-electron chi connectivity index (χ1n) is 17.4. The van der Waals surface area contributed by atoms with Gasteiger partial charge in [0.15, 0.2) is 0 Å². The van der Waals surface area contributed by atoms with E-state index in [9.17, 15) is 0 Å². The van der Waals surface area contributed by atoms with Gasteiger partial charge in [-0.15, -0.1) is 23.5 Å². The third-order valence-electron chi connectivity index (χ3n) is 8.20.